The highest BCUT2D eigenvalue weighted by atomic mass is 32.3. The lowest BCUT2D eigenvalue weighted by molar-refractivity contribution is 0.102. The Morgan fingerprint density at radius 1 is 1.10 bits per heavy atom. The number of nitrogens with one attached hydrogen (secondary N) is 1. The molecule has 0 aliphatic carbocycles. The third-order valence-electron chi connectivity index (χ3n) is 2.83. The third-order valence-corrected chi connectivity index (χ3v) is 3.72. The van der Waals surface area contributed by atoms with Crippen LogP contribution in [0.2, 0.25) is 0 Å². The van der Waals surface area contributed by atoms with Crippen LogP contribution in [0.25, 0.3) is 0 Å². The lowest BCUT2D eigenvalue weighted by atomic mass is 10.1. The molecular weight excluding hydrogens is 300 g/mol. The van der Waals surface area contributed by atoms with Crippen molar-refractivity contribution in [2.45, 2.75) is 11.8 Å². The standard InChI is InChI=1S/C14H11F2NO3S/c1-9-5-4-6-10(13(9)15)14(18)17-11-7-2-3-8-12(11)21(16,19)20/h2-8H,1H3,(H,17,18). The number of benzene rings is 2. The number of amides is 1. The van der Waals surface area contributed by atoms with Gasteiger partial charge in [-0.2, -0.15) is 8.42 Å². The van der Waals surface area contributed by atoms with E-state index in [-0.39, 0.29) is 16.8 Å². The van der Waals surface area contributed by atoms with Crippen LogP contribution in [0.5, 0.6) is 0 Å². The van der Waals surface area contributed by atoms with Gasteiger partial charge in [0.05, 0.1) is 11.3 Å². The average molecular weight is 311 g/mol. The maximum absolute atomic E-state index is 13.8. The second-order valence-corrected chi connectivity index (χ2v) is 5.64. The fraction of sp³-hybridized carbons (Fsp3) is 0.0714. The molecule has 2 aromatic rings. The summed E-state index contributed by atoms with van der Waals surface area (Å²) in [6.07, 6.45) is 0. The third kappa shape index (κ3) is 3.25. The Hall–Kier alpha value is -2.28. The summed E-state index contributed by atoms with van der Waals surface area (Å²) in [4.78, 5) is 11.3. The fourth-order valence-corrected chi connectivity index (χ4v) is 2.42. The summed E-state index contributed by atoms with van der Waals surface area (Å²) in [6, 6.07) is 9.21. The van der Waals surface area contributed by atoms with Crippen molar-refractivity contribution in [2.24, 2.45) is 0 Å². The molecule has 2 aromatic carbocycles. The zero-order chi connectivity index (χ0) is 15.6. The van der Waals surface area contributed by atoms with Crippen molar-refractivity contribution in [2.75, 3.05) is 5.32 Å². The number of aryl methyl sites for hydroxylation is 1. The summed E-state index contributed by atoms with van der Waals surface area (Å²) >= 11 is 0. The summed E-state index contributed by atoms with van der Waals surface area (Å²) in [5.74, 6) is -1.57. The van der Waals surface area contributed by atoms with Gasteiger partial charge in [-0.3, -0.25) is 4.79 Å². The first-order valence-electron chi connectivity index (χ1n) is 5.91. The first-order chi connectivity index (χ1) is 9.80. The van der Waals surface area contributed by atoms with Crippen molar-refractivity contribution in [1.82, 2.24) is 0 Å². The van der Waals surface area contributed by atoms with E-state index >= 15 is 0 Å². The summed E-state index contributed by atoms with van der Waals surface area (Å²) in [6.45, 7) is 1.49. The van der Waals surface area contributed by atoms with Gasteiger partial charge in [0.2, 0.25) is 0 Å². The molecule has 2 rings (SSSR count). The molecule has 7 heteroatoms. The Labute approximate surface area is 120 Å². The molecule has 4 nitrogen and oxygen atoms in total. The Morgan fingerprint density at radius 2 is 1.76 bits per heavy atom. The van der Waals surface area contributed by atoms with Gasteiger partial charge in [-0.25, -0.2) is 4.39 Å². The first kappa shape index (κ1) is 15.1. The van der Waals surface area contributed by atoms with Crippen LogP contribution >= 0.6 is 0 Å². The average Bonchev–Trinajstić information content (AvgIpc) is 2.41. The maximum atomic E-state index is 13.8. The van der Waals surface area contributed by atoms with Crippen LogP contribution in [-0.4, -0.2) is 14.3 Å². The Bertz CT molecular complexity index is 804. The molecule has 1 amide bonds. The lowest BCUT2D eigenvalue weighted by Crippen LogP contribution is -2.16. The maximum Gasteiger partial charge on any atom is 0.334 e. The Kier molecular flexibility index (Phi) is 4.04. The molecule has 0 heterocycles. The van der Waals surface area contributed by atoms with Crippen LogP contribution in [0, 0.1) is 12.7 Å². The van der Waals surface area contributed by atoms with E-state index in [2.05, 4.69) is 5.32 Å². The van der Waals surface area contributed by atoms with Crippen LogP contribution in [0.1, 0.15) is 15.9 Å². The lowest BCUT2D eigenvalue weighted by Gasteiger charge is -2.09. The van der Waals surface area contributed by atoms with Crippen molar-refractivity contribution in [3.63, 3.8) is 0 Å². The smallest absolute Gasteiger partial charge is 0.321 e. The number of rotatable bonds is 3. The van der Waals surface area contributed by atoms with Crippen LogP contribution < -0.4 is 5.32 Å². The van der Waals surface area contributed by atoms with Crippen LogP contribution in [0.15, 0.2) is 47.4 Å². The Morgan fingerprint density at radius 3 is 2.43 bits per heavy atom. The van der Waals surface area contributed by atoms with E-state index in [9.17, 15) is 21.5 Å². The van der Waals surface area contributed by atoms with Crippen LogP contribution in [0.3, 0.4) is 0 Å². The molecule has 0 aromatic heterocycles. The second kappa shape index (κ2) is 5.61. The molecule has 0 saturated carbocycles. The van der Waals surface area contributed by atoms with E-state index in [1.165, 1.54) is 43.3 Å². The number of hydrogen-bond donors (Lipinski definition) is 1. The highest BCUT2D eigenvalue weighted by molar-refractivity contribution is 7.86. The van der Waals surface area contributed by atoms with Crippen molar-refractivity contribution in [3.8, 4) is 0 Å². The fourth-order valence-electron chi connectivity index (χ4n) is 1.79. The molecule has 0 aliphatic heterocycles. The minimum absolute atomic E-state index is 0.245. The molecule has 1 N–H and O–H groups in total. The first-order valence-corrected chi connectivity index (χ1v) is 7.29. The van der Waals surface area contributed by atoms with Gasteiger partial charge in [0.15, 0.2) is 0 Å². The summed E-state index contributed by atoms with van der Waals surface area (Å²) < 4.78 is 49.0. The van der Waals surface area contributed by atoms with Gasteiger partial charge < -0.3 is 5.32 Å². The van der Waals surface area contributed by atoms with Gasteiger partial charge in [0.1, 0.15) is 10.7 Å². The predicted octanol–water partition coefficient (Wildman–Crippen LogP) is 3.04. The topological polar surface area (TPSA) is 63.2 Å². The summed E-state index contributed by atoms with van der Waals surface area (Å²) in [7, 11) is -4.99. The zero-order valence-corrected chi connectivity index (χ0v) is 11.7. The molecule has 0 fully saturated rings. The van der Waals surface area contributed by atoms with E-state index in [0.29, 0.717) is 0 Å². The van der Waals surface area contributed by atoms with E-state index in [1.54, 1.807) is 0 Å². The zero-order valence-electron chi connectivity index (χ0n) is 10.9. The molecule has 0 atom stereocenters. The summed E-state index contributed by atoms with van der Waals surface area (Å²) in [5, 5.41) is 2.20. The van der Waals surface area contributed by atoms with E-state index in [1.807, 2.05) is 0 Å². The highest BCUT2D eigenvalue weighted by Crippen LogP contribution is 2.23. The molecule has 0 saturated heterocycles. The molecule has 0 bridgehead atoms. The molecule has 0 unspecified atom stereocenters. The number of para-hydroxylation sites is 1. The van der Waals surface area contributed by atoms with Gasteiger partial charge >= 0.3 is 10.2 Å². The summed E-state index contributed by atoms with van der Waals surface area (Å²) in [5.41, 5.74) is -0.221. The van der Waals surface area contributed by atoms with Crippen molar-refractivity contribution in [3.05, 3.63) is 59.4 Å². The number of halogens is 2. The second-order valence-electron chi connectivity index (χ2n) is 4.32. The number of hydrogen-bond acceptors (Lipinski definition) is 3. The number of carbonyl (C=O) groups is 1. The minimum Gasteiger partial charge on any atom is -0.321 e. The van der Waals surface area contributed by atoms with Crippen LogP contribution in [0.4, 0.5) is 14.0 Å². The molecule has 0 radical (unpaired) electrons. The molecular formula is C14H11F2NO3S. The molecule has 110 valence electrons. The monoisotopic (exact) mass is 311 g/mol. The van der Waals surface area contributed by atoms with Crippen molar-refractivity contribution in [1.29, 1.82) is 0 Å². The van der Waals surface area contributed by atoms with E-state index < -0.39 is 26.8 Å². The quantitative estimate of drug-likeness (QED) is 0.886. The molecule has 21 heavy (non-hydrogen) atoms. The number of carbonyl (C=O) groups excluding carboxylic acids is 1. The highest BCUT2D eigenvalue weighted by Gasteiger charge is 2.20. The molecule has 0 spiro atoms. The van der Waals surface area contributed by atoms with Gasteiger partial charge in [0.25, 0.3) is 5.91 Å². The predicted molar refractivity (Wildman–Crippen MR) is 73.8 cm³/mol. The SMILES string of the molecule is Cc1cccc(C(=O)Nc2ccccc2S(=O)(=O)F)c1F. The van der Waals surface area contributed by atoms with E-state index in [0.717, 1.165) is 6.07 Å². The van der Waals surface area contributed by atoms with Gasteiger partial charge in [-0.05, 0) is 30.7 Å². The van der Waals surface area contributed by atoms with Gasteiger partial charge in [-0.1, -0.05) is 24.3 Å². The number of anilines is 1. The van der Waals surface area contributed by atoms with Crippen molar-refractivity contribution < 1.29 is 21.5 Å². The largest absolute Gasteiger partial charge is 0.334 e. The van der Waals surface area contributed by atoms with Crippen molar-refractivity contribution >= 4 is 21.8 Å². The van der Waals surface area contributed by atoms with E-state index in [4.69, 9.17) is 0 Å². The van der Waals surface area contributed by atoms with Crippen LogP contribution in [-0.2, 0) is 10.2 Å². The van der Waals surface area contributed by atoms with Gasteiger partial charge in [-0.15, -0.1) is 3.89 Å². The Balaban J connectivity index is 2.40. The molecule has 0 aliphatic rings. The normalized spacial score (nSPS) is 11.2. The van der Waals surface area contributed by atoms with Gasteiger partial charge in [0, 0.05) is 0 Å². The minimum atomic E-state index is -4.99.